The van der Waals surface area contributed by atoms with Crippen LogP contribution in [0.4, 0.5) is 0 Å². The van der Waals surface area contributed by atoms with Crippen LogP contribution in [0.5, 0.6) is 23.0 Å². The number of esters is 1. The quantitative estimate of drug-likeness (QED) is 0.139. The topological polar surface area (TPSA) is 243 Å². The van der Waals surface area contributed by atoms with Crippen LogP contribution in [-0.2, 0) is 29.5 Å². The fourth-order valence-corrected chi connectivity index (χ4v) is 5.09. The van der Waals surface area contributed by atoms with Gasteiger partial charge in [-0.1, -0.05) is 18.2 Å². The molecule has 0 saturated heterocycles. The molecule has 5 rings (SSSR count). The van der Waals surface area contributed by atoms with Crippen LogP contribution < -0.4 is 143 Å². The molecule has 0 amide bonds. The van der Waals surface area contributed by atoms with E-state index in [-0.39, 0.29) is 143 Å². The van der Waals surface area contributed by atoms with Gasteiger partial charge in [0.2, 0.25) is 0 Å². The van der Waals surface area contributed by atoms with Gasteiger partial charge in [0.25, 0.3) is 0 Å². The fraction of sp³-hybridized carbons (Fsp3) is 0.233. The summed E-state index contributed by atoms with van der Waals surface area (Å²) in [7, 11) is 0. The van der Waals surface area contributed by atoms with Crippen molar-refractivity contribution in [1.29, 1.82) is 0 Å². The Labute approximate surface area is 368 Å². The Morgan fingerprint density at radius 1 is 0.612 bits per heavy atom. The number of fused-ring (bicyclic) bond motifs is 6. The molecule has 3 aromatic carbocycles. The molecule has 0 aromatic heterocycles. The predicted molar refractivity (Wildman–Crippen MR) is 141 cm³/mol. The number of hydrogen-bond donors (Lipinski definition) is 2. The van der Waals surface area contributed by atoms with E-state index in [1.807, 2.05) is 12.1 Å². The minimum absolute atomic E-state index is 0. The molecule has 0 radical (unpaired) electrons. The molecular weight excluding hydrogens is 688 g/mol. The number of rotatable bonds is 11. The summed E-state index contributed by atoms with van der Waals surface area (Å²) >= 11 is 0. The number of ether oxygens (including phenoxy) is 2. The van der Waals surface area contributed by atoms with Gasteiger partial charge in [-0.05, 0) is 30.3 Å². The number of nitrogens with zero attached hydrogens (tertiary/aromatic N) is 2. The monoisotopic (exact) mass is 712 g/mol. The van der Waals surface area contributed by atoms with Crippen LogP contribution >= 0.6 is 0 Å². The molecular formula is C30H24N2Na4O13. The van der Waals surface area contributed by atoms with E-state index in [1.165, 1.54) is 24.3 Å². The van der Waals surface area contributed by atoms with E-state index in [2.05, 4.69) is 0 Å². The van der Waals surface area contributed by atoms with Crippen molar-refractivity contribution in [3.05, 3.63) is 82.9 Å². The minimum atomic E-state index is -1.53. The predicted octanol–water partition coefficient (Wildman–Crippen LogP) is -15.7. The number of carboxylic acid groups (broad SMARTS) is 4. The first-order valence-corrected chi connectivity index (χ1v) is 13.2. The van der Waals surface area contributed by atoms with Gasteiger partial charge in [0.15, 0.2) is 5.60 Å². The van der Waals surface area contributed by atoms with Gasteiger partial charge in [-0.15, -0.1) is 0 Å². The van der Waals surface area contributed by atoms with Crippen LogP contribution in [0.3, 0.4) is 0 Å². The van der Waals surface area contributed by atoms with E-state index in [0.717, 1.165) is 9.80 Å². The number of carboxylic acids is 4. The Bertz CT molecular complexity index is 1550. The number of hydrogen-bond acceptors (Lipinski definition) is 15. The van der Waals surface area contributed by atoms with E-state index >= 15 is 0 Å². The molecule has 49 heavy (non-hydrogen) atoms. The molecule has 0 atom stereocenters. The largest absolute Gasteiger partial charge is 1.00 e. The normalized spacial score (nSPS) is 12.4. The summed E-state index contributed by atoms with van der Waals surface area (Å²) in [6, 6.07) is 16.6. The van der Waals surface area contributed by atoms with Gasteiger partial charge in [0.05, 0.1) is 29.4 Å². The first-order chi connectivity index (χ1) is 21.3. The minimum Gasteiger partial charge on any atom is -0.549 e. The fourth-order valence-electron chi connectivity index (χ4n) is 5.09. The van der Waals surface area contributed by atoms with Crippen molar-refractivity contribution in [2.24, 2.45) is 0 Å². The number of carbonyl (C=O) groups is 5. The zero-order chi connectivity index (χ0) is 32.9. The molecule has 15 nitrogen and oxygen atoms in total. The summed E-state index contributed by atoms with van der Waals surface area (Å²) in [4.78, 5) is 56.0. The molecule has 19 heteroatoms. The van der Waals surface area contributed by atoms with E-state index in [9.17, 15) is 54.6 Å². The standard InChI is InChI=1S/C20H12O5.C10H16N2O8.4Na/c21-11-5-7-15-17(9-11)24-18-10-12(22)6-8-16(18)20(15)14-4-2-1-3-13(14)19(23)25-20;13-7(14)3-11(4-8(15)16)1-2-12(5-9(17)18)6-10(19)20;;;;/h1-10,21-22H;1-6H2,(H,13,14)(H,15,16)(H,17,18)(H,19,20);;;;/q;;4*+1/p-4. The smallest absolute Gasteiger partial charge is 0.549 e. The van der Waals surface area contributed by atoms with Gasteiger partial charge in [0.1, 0.15) is 23.0 Å². The van der Waals surface area contributed by atoms with Gasteiger partial charge >= 0.3 is 124 Å². The van der Waals surface area contributed by atoms with E-state index in [1.54, 1.807) is 24.3 Å². The zero-order valence-corrected chi connectivity index (χ0v) is 35.3. The van der Waals surface area contributed by atoms with Gasteiger partial charge in [-0.3, -0.25) is 9.80 Å². The molecule has 1 spiro atoms. The van der Waals surface area contributed by atoms with Crippen LogP contribution in [0.25, 0.3) is 0 Å². The summed E-state index contributed by atoms with van der Waals surface area (Å²) in [5.41, 5.74) is 1.28. The van der Waals surface area contributed by atoms with Crippen molar-refractivity contribution in [3.63, 3.8) is 0 Å². The van der Waals surface area contributed by atoms with Gasteiger partial charge in [-0.2, -0.15) is 0 Å². The molecule has 0 fully saturated rings. The molecule has 0 unspecified atom stereocenters. The maximum Gasteiger partial charge on any atom is 1.00 e. The zero-order valence-electron chi connectivity index (χ0n) is 27.3. The van der Waals surface area contributed by atoms with Crippen LogP contribution in [0.15, 0.2) is 60.7 Å². The SMILES string of the molecule is O=C([O-])CN(CCN(CC(=O)[O-])CC(=O)[O-])CC(=O)[O-].O=C1OC2(c3ccc(O)cc3Oc3cc(O)ccc32)c2ccccc21.[Na+].[Na+].[Na+].[Na+]. The molecule has 236 valence electrons. The van der Waals surface area contributed by atoms with Gasteiger partial charge in [0, 0.05) is 68.1 Å². The summed E-state index contributed by atoms with van der Waals surface area (Å²) in [5.74, 6) is -5.71. The third-order valence-corrected chi connectivity index (χ3v) is 6.82. The van der Waals surface area contributed by atoms with Crippen molar-refractivity contribution in [2.75, 3.05) is 39.3 Å². The van der Waals surface area contributed by atoms with Gasteiger partial charge < -0.3 is 59.3 Å². The molecule has 3 aromatic rings. The molecule has 0 bridgehead atoms. The Balaban J connectivity index is 0.000000894. The Morgan fingerprint density at radius 3 is 1.39 bits per heavy atom. The molecule has 2 heterocycles. The van der Waals surface area contributed by atoms with E-state index < -0.39 is 61.6 Å². The van der Waals surface area contributed by atoms with Crippen LogP contribution in [0.1, 0.15) is 27.0 Å². The summed E-state index contributed by atoms with van der Waals surface area (Å²) in [6.07, 6.45) is 0. The third-order valence-electron chi connectivity index (χ3n) is 6.82. The summed E-state index contributed by atoms with van der Waals surface area (Å²) in [6.45, 7) is -3.25. The molecule has 2 aliphatic heterocycles. The first-order valence-electron chi connectivity index (χ1n) is 13.2. The molecule has 2 aliphatic rings. The van der Waals surface area contributed by atoms with Crippen molar-refractivity contribution >= 4 is 29.8 Å². The molecule has 0 saturated carbocycles. The number of carbonyl (C=O) groups excluding carboxylic acids is 5. The number of benzene rings is 3. The van der Waals surface area contributed by atoms with Crippen LogP contribution in [0.2, 0.25) is 0 Å². The average molecular weight is 712 g/mol. The second kappa shape index (κ2) is 21.0. The average Bonchev–Trinajstić information content (AvgIpc) is 3.23. The second-order valence-corrected chi connectivity index (χ2v) is 9.99. The van der Waals surface area contributed by atoms with Gasteiger partial charge in [-0.25, -0.2) is 4.79 Å². The van der Waals surface area contributed by atoms with Crippen LogP contribution in [-0.4, -0.2) is 89.1 Å². The van der Waals surface area contributed by atoms with Crippen molar-refractivity contribution in [2.45, 2.75) is 5.60 Å². The first kappa shape index (κ1) is 47.3. The number of phenols is 2. The van der Waals surface area contributed by atoms with Crippen LogP contribution in [0, 0.1) is 0 Å². The maximum atomic E-state index is 12.5. The number of phenolic OH excluding ortho intramolecular Hbond substituents is 2. The molecule has 2 N–H and O–H groups in total. The molecule has 0 aliphatic carbocycles. The Kier molecular flexibility index (Phi) is 20.3. The maximum absolute atomic E-state index is 12.5. The summed E-state index contributed by atoms with van der Waals surface area (Å²) in [5, 5.41) is 61.3. The summed E-state index contributed by atoms with van der Waals surface area (Å²) < 4.78 is 11.8. The Hall–Kier alpha value is -1.67. The van der Waals surface area contributed by atoms with Crippen molar-refractivity contribution in [3.8, 4) is 23.0 Å². The Morgan fingerprint density at radius 2 is 1.00 bits per heavy atom. The number of aliphatic carboxylic acids is 4. The van der Waals surface area contributed by atoms with E-state index in [4.69, 9.17) is 9.47 Å². The third kappa shape index (κ3) is 11.9. The van der Waals surface area contributed by atoms with Crippen molar-refractivity contribution in [1.82, 2.24) is 9.80 Å². The number of aromatic hydroxyl groups is 2. The second-order valence-electron chi connectivity index (χ2n) is 9.99. The van der Waals surface area contributed by atoms with E-state index in [0.29, 0.717) is 33.8 Å². The van der Waals surface area contributed by atoms with Crippen molar-refractivity contribution < 1.29 is 182 Å².